The molecule has 0 aliphatic rings. The lowest BCUT2D eigenvalue weighted by Crippen LogP contribution is -2.03. The van der Waals surface area contributed by atoms with Gasteiger partial charge in [-0.3, -0.25) is 0 Å². The van der Waals surface area contributed by atoms with Crippen LogP contribution in [0.5, 0.6) is 11.5 Å². The fourth-order valence-electron chi connectivity index (χ4n) is 1.93. The Hall–Kier alpha value is -1.75. The van der Waals surface area contributed by atoms with E-state index in [1.165, 1.54) is 12.1 Å². The standard InChI is InChI=1S/C16H17BrFNO2/c1-3-21-16-9-12(18)5-6-14(16)19-10-11-4-7-15(20-2)13(17)8-11/h4-9,19H,3,10H2,1-2H3. The summed E-state index contributed by atoms with van der Waals surface area (Å²) in [5.41, 5.74) is 1.85. The van der Waals surface area contributed by atoms with Crippen molar-refractivity contribution in [3.05, 3.63) is 52.3 Å². The molecule has 0 aliphatic carbocycles. The summed E-state index contributed by atoms with van der Waals surface area (Å²) in [7, 11) is 1.63. The van der Waals surface area contributed by atoms with Gasteiger partial charge in [0.1, 0.15) is 17.3 Å². The van der Waals surface area contributed by atoms with E-state index in [0.717, 1.165) is 21.5 Å². The van der Waals surface area contributed by atoms with Gasteiger partial charge in [-0.1, -0.05) is 6.07 Å². The molecule has 0 radical (unpaired) electrons. The van der Waals surface area contributed by atoms with Gasteiger partial charge >= 0.3 is 0 Å². The Balaban J connectivity index is 2.10. The van der Waals surface area contributed by atoms with Crippen LogP contribution in [0.15, 0.2) is 40.9 Å². The highest BCUT2D eigenvalue weighted by Gasteiger charge is 2.06. The molecule has 0 saturated carbocycles. The Bertz CT molecular complexity index is 619. The van der Waals surface area contributed by atoms with Gasteiger partial charge in [-0.2, -0.15) is 0 Å². The summed E-state index contributed by atoms with van der Waals surface area (Å²) in [4.78, 5) is 0. The summed E-state index contributed by atoms with van der Waals surface area (Å²) in [6.07, 6.45) is 0. The zero-order valence-corrected chi connectivity index (χ0v) is 13.5. The SMILES string of the molecule is CCOc1cc(F)ccc1NCc1ccc(OC)c(Br)c1. The third kappa shape index (κ3) is 4.11. The molecular weight excluding hydrogens is 337 g/mol. The molecule has 0 spiro atoms. The number of anilines is 1. The molecule has 5 heteroatoms. The molecule has 0 aromatic heterocycles. The number of nitrogens with one attached hydrogen (secondary N) is 1. The minimum Gasteiger partial charge on any atom is -0.496 e. The van der Waals surface area contributed by atoms with E-state index in [1.807, 2.05) is 25.1 Å². The fraction of sp³-hybridized carbons (Fsp3) is 0.250. The molecule has 0 fully saturated rings. The average Bonchev–Trinajstić information content (AvgIpc) is 2.47. The molecular formula is C16H17BrFNO2. The highest BCUT2D eigenvalue weighted by Crippen LogP contribution is 2.28. The van der Waals surface area contributed by atoms with E-state index in [-0.39, 0.29) is 5.82 Å². The van der Waals surface area contributed by atoms with Crippen molar-refractivity contribution in [1.82, 2.24) is 0 Å². The maximum Gasteiger partial charge on any atom is 0.145 e. The number of benzene rings is 2. The van der Waals surface area contributed by atoms with Gasteiger partial charge < -0.3 is 14.8 Å². The first kappa shape index (κ1) is 15.6. The van der Waals surface area contributed by atoms with Crippen LogP contribution in [-0.2, 0) is 6.54 Å². The Morgan fingerprint density at radius 2 is 1.95 bits per heavy atom. The zero-order valence-electron chi connectivity index (χ0n) is 12.0. The number of ether oxygens (including phenoxy) is 2. The average molecular weight is 354 g/mol. The molecule has 2 aromatic carbocycles. The first-order chi connectivity index (χ1) is 10.1. The molecule has 0 atom stereocenters. The van der Waals surface area contributed by atoms with Crippen molar-refractivity contribution >= 4 is 21.6 Å². The summed E-state index contributed by atoms with van der Waals surface area (Å²) < 4.78 is 24.8. The summed E-state index contributed by atoms with van der Waals surface area (Å²) in [6, 6.07) is 10.3. The third-order valence-electron chi connectivity index (χ3n) is 2.94. The Kier molecular flexibility index (Phi) is 5.44. The Morgan fingerprint density at radius 1 is 1.14 bits per heavy atom. The van der Waals surface area contributed by atoms with E-state index in [9.17, 15) is 4.39 Å². The van der Waals surface area contributed by atoms with Crippen molar-refractivity contribution in [2.24, 2.45) is 0 Å². The zero-order chi connectivity index (χ0) is 15.2. The second kappa shape index (κ2) is 7.31. The van der Waals surface area contributed by atoms with Crippen LogP contribution in [-0.4, -0.2) is 13.7 Å². The van der Waals surface area contributed by atoms with Crippen molar-refractivity contribution in [3.63, 3.8) is 0 Å². The van der Waals surface area contributed by atoms with Crippen LogP contribution < -0.4 is 14.8 Å². The van der Waals surface area contributed by atoms with Crippen LogP contribution >= 0.6 is 15.9 Å². The van der Waals surface area contributed by atoms with Gasteiger partial charge in [0.2, 0.25) is 0 Å². The van der Waals surface area contributed by atoms with E-state index >= 15 is 0 Å². The van der Waals surface area contributed by atoms with Gasteiger partial charge in [0.25, 0.3) is 0 Å². The predicted molar refractivity (Wildman–Crippen MR) is 85.6 cm³/mol. The molecule has 2 aromatic rings. The lowest BCUT2D eigenvalue weighted by atomic mass is 10.2. The quantitative estimate of drug-likeness (QED) is 0.822. The fourth-order valence-corrected chi connectivity index (χ4v) is 2.52. The maximum atomic E-state index is 13.2. The van der Waals surface area contributed by atoms with Crippen LogP contribution in [0.2, 0.25) is 0 Å². The molecule has 21 heavy (non-hydrogen) atoms. The molecule has 2 rings (SSSR count). The molecule has 3 nitrogen and oxygen atoms in total. The van der Waals surface area contributed by atoms with Crippen molar-refractivity contribution in [2.75, 3.05) is 19.0 Å². The molecule has 1 N–H and O–H groups in total. The summed E-state index contributed by atoms with van der Waals surface area (Å²) in [6.45, 7) is 2.97. The van der Waals surface area contributed by atoms with Gasteiger partial charge in [0.05, 0.1) is 23.9 Å². The topological polar surface area (TPSA) is 30.5 Å². The minimum absolute atomic E-state index is 0.309. The van der Waals surface area contributed by atoms with Gasteiger partial charge in [0.15, 0.2) is 0 Å². The van der Waals surface area contributed by atoms with Crippen LogP contribution in [0.25, 0.3) is 0 Å². The Morgan fingerprint density at radius 3 is 2.62 bits per heavy atom. The van der Waals surface area contributed by atoms with Crippen LogP contribution in [0.1, 0.15) is 12.5 Å². The Labute approximate surface area is 132 Å². The predicted octanol–water partition coefficient (Wildman–Crippen LogP) is 4.61. The first-order valence-corrected chi connectivity index (χ1v) is 7.42. The van der Waals surface area contributed by atoms with Gasteiger partial charge in [-0.05, 0) is 52.7 Å². The van der Waals surface area contributed by atoms with E-state index in [0.29, 0.717) is 18.9 Å². The molecule has 0 heterocycles. The number of hydrogen-bond donors (Lipinski definition) is 1. The molecule has 0 amide bonds. The first-order valence-electron chi connectivity index (χ1n) is 6.62. The number of methoxy groups -OCH3 is 1. The molecule has 0 saturated heterocycles. The van der Waals surface area contributed by atoms with Gasteiger partial charge in [0, 0.05) is 12.6 Å². The number of hydrogen-bond acceptors (Lipinski definition) is 3. The molecule has 0 unspecified atom stereocenters. The van der Waals surface area contributed by atoms with Crippen molar-refractivity contribution < 1.29 is 13.9 Å². The lowest BCUT2D eigenvalue weighted by molar-refractivity contribution is 0.340. The van der Waals surface area contributed by atoms with Crippen LogP contribution in [0.3, 0.4) is 0 Å². The second-order valence-electron chi connectivity index (χ2n) is 4.40. The highest BCUT2D eigenvalue weighted by molar-refractivity contribution is 9.10. The normalized spacial score (nSPS) is 10.3. The van der Waals surface area contributed by atoms with Gasteiger partial charge in [-0.25, -0.2) is 4.39 Å². The van der Waals surface area contributed by atoms with Crippen LogP contribution in [0.4, 0.5) is 10.1 Å². The minimum atomic E-state index is -0.309. The maximum absolute atomic E-state index is 13.2. The van der Waals surface area contributed by atoms with Crippen LogP contribution in [0, 0.1) is 5.82 Å². The number of halogens is 2. The largest absolute Gasteiger partial charge is 0.496 e. The lowest BCUT2D eigenvalue weighted by Gasteiger charge is -2.13. The molecule has 112 valence electrons. The van der Waals surface area contributed by atoms with Crippen molar-refractivity contribution in [3.8, 4) is 11.5 Å². The van der Waals surface area contributed by atoms with E-state index in [2.05, 4.69) is 21.2 Å². The highest BCUT2D eigenvalue weighted by atomic mass is 79.9. The second-order valence-corrected chi connectivity index (χ2v) is 5.25. The van der Waals surface area contributed by atoms with E-state index < -0.39 is 0 Å². The van der Waals surface area contributed by atoms with Gasteiger partial charge in [-0.15, -0.1) is 0 Å². The molecule has 0 aliphatic heterocycles. The number of rotatable bonds is 6. The summed E-state index contributed by atoms with van der Waals surface area (Å²) in [5.74, 6) is 0.997. The van der Waals surface area contributed by atoms with E-state index in [4.69, 9.17) is 9.47 Å². The van der Waals surface area contributed by atoms with Crippen molar-refractivity contribution in [2.45, 2.75) is 13.5 Å². The van der Waals surface area contributed by atoms with E-state index in [1.54, 1.807) is 13.2 Å². The summed E-state index contributed by atoms with van der Waals surface area (Å²) in [5, 5.41) is 3.25. The monoisotopic (exact) mass is 353 g/mol. The molecule has 0 bridgehead atoms. The summed E-state index contributed by atoms with van der Waals surface area (Å²) >= 11 is 3.46. The smallest absolute Gasteiger partial charge is 0.145 e. The van der Waals surface area contributed by atoms with Crippen molar-refractivity contribution in [1.29, 1.82) is 0 Å². The third-order valence-corrected chi connectivity index (χ3v) is 3.56.